The van der Waals surface area contributed by atoms with Crippen molar-refractivity contribution in [3.05, 3.63) is 35.9 Å². The number of amides is 2. The Labute approximate surface area is 113 Å². The van der Waals surface area contributed by atoms with E-state index >= 15 is 0 Å². The summed E-state index contributed by atoms with van der Waals surface area (Å²) in [7, 11) is 0. The molecule has 0 bridgehead atoms. The van der Waals surface area contributed by atoms with Gasteiger partial charge in [0.05, 0.1) is 6.04 Å². The molecule has 0 radical (unpaired) electrons. The van der Waals surface area contributed by atoms with Crippen molar-refractivity contribution in [3.8, 4) is 0 Å². The van der Waals surface area contributed by atoms with E-state index in [-0.39, 0.29) is 17.7 Å². The third-order valence-electron chi connectivity index (χ3n) is 2.55. The summed E-state index contributed by atoms with van der Waals surface area (Å²) in [5.41, 5.74) is 11.5. The average molecular weight is 263 g/mol. The van der Waals surface area contributed by atoms with E-state index in [9.17, 15) is 9.59 Å². The molecule has 5 nitrogen and oxygen atoms in total. The molecule has 0 aliphatic heterocycles. The van der Waals surface area contributed by atoms with Crippen LogP contribution in [0.15, 0.2) is 30.3 Å². The second-order valence-corrected chi connectivity index (χ2v) is 4.93. The molecule has 1 aromatic rings. The maximum atomic E-state index is 11.7. The second-order valence-electron chi connectivity index (χ2n) is 4.93. The Bertz CT molecular complexity index is 418. The molecule has 0 aliphatic rings. The first kappa shape index (κ1) is 15.2. The lowest BCUT2D eigenvalue weighted by atomic mass is 10.1. The van der Waals surface area contributed by atoms with Gasteiger partial charge in [0.25, 0.3) is 5.91 Å². The predicted molar refractivity (Wildman–Crippen MR) is 73.9 cm³/mol. The molecule has 19 heavy (non-hydrogen) atoms. The first-order valence-electron chi connectivity index (χ1n) is 6.37. The summed E-state index contributed by atoms with van der Waals surface area (Å²) in [5, 5.41) is 0. The molecule has 0 saturated carbocycles. The molecular formula is C14H21N3O2. The van der Waals surface area contributed by atoms with E-state index < -0.39 is 6.04 Å². The lowest BCUT2D eigenvalue weighted by Gasteiger charge is -2.13. The number of nitrogens with two attached hydrogens (primary N) is 1. The van der Waals surface area contributed by atoms with Crippen molar-refractivity contribution in [2.45, 2.75) is 32.7 Å². The van der Waals surface area contributed by atoms with Gasteiger partial charge in [-0.1, -0.05) is 44.2 Å². The zero-order valence-corrected chi connectivity index (χ0v) is 11.3. The Kier molecular flexibility index (Phi) is 6.02. The van der Waals surface area contributed by atoms with Crippen LogP contribution in [0.3, 0.4) is 0 Å². The fraction of sp³-hybridized carbons (Fsp3) is 0.429. The third kappa shape index (κ3) is 6.01. The van der Waals surface area contributed by atoms with E-state index in [1.807, 2.05) is 44.2 Å². The molecule has 1 unspecified atom stereocenters. The van der Waals surface area contributed by atoms with E-state index in [0.29, 0.717) is 12.8 Å². The van der Waals surface area contributed by atoms with Gasteiger partial charge in [0.1, 0.15) is 0 Å². The largest absolute Gasteiger partial charge is 0.320 e. The van der Waals surface area contributed by atoms with E-state index in [0.717, 1.165) is 5.56 Å². The van der Waals surface area contributed by atoms with Gasteiger partial charge in [0.2, 0.25) is 5.91 Å². The third-order valence-corrected chi connectivity index (χ3v) is 2.55. The van der Waals surface area contributed by atoms with E-state index in [2.05, 4.69) is 10.9 Å². The average Bonchev–Trinajstić information content (AvgIpc) is 2.36. The fourth-order valence-corrected chi connectivity index (χ4v) is 1.61. The van der Waals surface area contributed by atoms with Crippen LogP contribution in [-0.4, -0.2) is 17.9 Å². The number of benzene rings is 1. The van der Waals surface area contributed by atoms with Crippen molar-refractivity contribution < 1.29 is 9.59 Å². The molecule has 4 N–H and O–H groups in total. The highest BCUT2D eigenvalue weighted by Gasteiger charge is 2.14. The monoisotopic (exact) mass is 263 g/mol. The van der Waals surface area contributed by atoms with Crippen LogP contribution in [-0.2, 0) is 16.0 Å². The predicted octanol–water partition coefficient (Wildman–Crippen LogP) is 0.750. The molecule has 1 atom stereocenters. The molecule has 104 valence electrons. The van der Waals surface area contributed by atoms with Gasteiger partial charge in [0.15, 0.2) is 0 Å². The van der Waals surface area contributed by atoms with Crippen molar-refractivity contribution >= 4 is 11.8 Å². The van der Waals surface area contributed by atoms with E-state index in [1.165, 1.54) is 0 Å². The zero-order chi connectivity index (χ0) is 14.3. The highest BCUT2D eigenvalue weighted by molar-refractivity contribution is 5.85. The number of carbonyl (C=O) groups excluding carboxylic acids is 2. The van der Waals surface area contributed by atoms with Crippen molar-refractivity contribution in [2.24, 2.45) is 11.7 Å². The molecule has 5 heteroatoms. The Morgan fingerprint density at radius 2 is 1.79 bits per heavy atom. The number of rotatable bonds is 5. The molecule has 1 rings (SSSR count). The van der Waals surface area contributed by atoms with Gasteiger partial charge in [-0.2, -0.15) is 0 Å². The SMILES string of the molecule is CC(C)CC(=O)NNC(=O)C(N)Cc1ccccc1. The van der Waals surface area contributed by atoms with Gasteiger partial charge in [-0.15, -0.1) is 0 Å². The van der Waals surface area contributed by atoms with Crippen molar-refractivity contribution in [1.29, 1.82) is 0 Å². The summed E-state index contributed by atoms with van der Waals surface area (Å²) in [5.74, 6) is -0.355. The summed E-state index contributed by atoms with van der Waals surface area (Å²) >= 11 is 0. The number of carbonyl (C=O) groups is 2. The minimum Gasteiger partial charge on any atom is -0.320 e. The second kappa shape index (κ2) is 7.53. The van der Waals surface area contributed by atoms with Crippen LogP contribution in [0, 0.1) is 5.92 Å². The Hall–Kier alpha value is -1.88. The van der Waals surface area contributed by atoms with Crippen LogP contribution >= 0.6 is 0 Å². The quantitative estimate of drug-likeness (QED) is 0.685. The van der Waals surface area contributed by atoms with Crippen molar-refractivity contribution in [2.75, 3.05) is 0 Å². The number of nitrogens with one attached hydrogen (secondary N) is 2. The fourth-order valence-electron chi connectivity index (χ4n) is 1.61. The van der Waals surface area contributed by atoms with Crippen molar-refractivity contribution in [1.82, 2.24) is 10.9 Å². The summed E-state index contributed by atoms with van der Waals surface area (Å²) < 4.78 is 0. The number of hydrogen-bond donors (Lipinski definition) is 3. The zero-order valence-electron chi connectivity index (χ0n) is 11.3. The van der Waals surface area contributed by atoms with Gasteiger partial charge >= 0.3 is 0 Å². The smallest absolute Gasteiger partial charge is 0.255 e. The lowest BCUT2D eigenvalue weighted by molar-refractivity contribution is -0.129. The molecular weight excluding hydrogens is 242 g/mol. The Balaban J connectivity index is 2.35. The van der Waals surface area contributed by atoms with Crippen LogP contribution in [0.5, 0.6) is 0 Å². The van der Waals surface area contributed by atoms with Gasteiger partial charge in [-0.05, 0) is 17.9 Å². The molecule has 2 amide bonds. The summed E-state index contributed by atoms with van der Waals surface area (Å²) in [6.45, 7) is 3.87. The van der Waals surface area contributed by atoms with Crippen LogP contribution in [0.1, 0.15) is 25.8 Å². The van der Waals surface area contributed by atoms with Crippen molar-refractivity contribution in [3.63, 3.8) is 0 Å². The Morgan fingerprint density at radius 3 is 2.37 bits per heavy atom. The normalized spacial score (nSPS) is 12.0. The molecule has 0 aliphatic carbocycles. The molecule has 0 fully saturated rings. The maximum absolute atomic E-state index is 11.7. The van der Waals surface area contributed by atoms with Gasteiger partial charge in [-0.25, -0.2) is 0 Å². The minimum absolute atomic E-state index is 0.213. The van der Waals surface area contributed by atoms with E-state index in [4.69, 9.17) is 5.73 Å². The number of hydrazine groups is 1. The summed E-state index contributed by atoms with van der Waals surface area (Å²) in [6.07, 6.45) is 0.806. The van der Waals surface area contributed by atoms with Gasteiger partial charge in [-0.3, -0.25) is 20.4 Å². The maximum Gasteiger partial charge on any atom is 0.255 e. The summed E-state index contributed by atoms with van der Waals surface area (Å²) in [6, 6.07) is 8.83. The Morgan fingerprint density at radius 1 is 1.16 bits per heavy atom. The highest BCUT2D eigenvalue weighted by atomic mass is 16.2. The highest BCUT2D eigenvalue weighted by Crippen LogP contribution is 2.01. The van der Waals surface area contributed by atoms with Crippen LogP contribution in [0.2, 0.25) is 0 Å². The van der Waals surface area contributed by atoms with Crippen LogP contribution in [0.4, 0.5) is 0 Å². The molecule has 1 aromatic carbocycles. The minimum atomic E-state index is -0.679. The van der Waals surface area contributed by atoms with Gasteiger partial charge < -0.3 is 5.73 Å². The van der Waals surface area contributed by atoms with Gasteiger partial charge in [0, 0.05) is 6.42 Å². The molecule has 0 saturated heterocycles. The van der Waals surface area contributed by atoms with Crippen LogP contribution in [0.25, 0.3) is 0 Å². The molecule has 0 aromatic heterocycles. The topological polar surface area (TPSA) is 84.2 Å². The van der Waals surface area contributed by atoms with Crippen LogP contribution < -0.4 is 16.6 Å². The number of hydrogen-bond acceptors (Lipinski definition) is 3. The van der Waals surface area contributed by atoms with E-state index in [1.54, 1.807) is 0 Å². The molecule has 0 heterocycles. The standard InChI is InChI=1S/C14H21N3O2/c1-10(2)8-13(18)16-17-14(19)12(15)9-11-6-4-3-5-7-11/h3-7,10,12H,8-9,15H2,1-2H3,(H,16,18)(H,17,19). The lowest BCUT2D eigenvalue weighted by Crippen LogP contribution is -2.50. The summed E-state index contributed by atoms with van der Waals surface area (Å²) in [4.78, 5) is 23.1. The molecule has 0 spiro atoms. The first-order chi connectivity index (χ1) is 8.99. The first-order valence-corrected chi connectivity index (χ1v) is 6.37.